The molecule has 0 radical (unpaired) electrons. The largest absolute Gasteiger partial charge is 0.355 e. The minimum absolute atomic E-state index is 0.0370. The number of halogens is 1. The number of piperidine rings is 2. The standard InChI is InChI=1S/C21H27ClN6O/c1-26(19-6-5-9-24-25-19)17-7-12-27(13-8-17)20-18(22)14-16(15-23-20)21(29)28-10-3-2-4-11-28/h5-6,9,14-15,17H,2-4,7-8,10-13H2,1H3. The first kappa shape index (κ1) is 19.9. The lowest BCUT2D eigenvalue weighted by molar-refractivity contribution is 0.0724. The minimum Gasteiger partial charge on any atom is -0.355 e. The van der Waals surface area contributed by atoms with Gasteiger partial charge < -0.3 is 14.7 Å². The van der Waals surface area contributed by atoms with Crippen molar-refractivity contribution in [1.82, 2.24) is 20.1 Å². The Bertz CT molecular complexity index is 834. The second kappa shape index (κ2) is 8.95. The summed E-state index contributed by atoms with van der Waals surface area (Å²) in [6, 6.07) is 6.07. The van der Waals surface area contributed by atoms with E-state index in [0.29, 0.717) is 16.6 Å². The molecule has 0 N–H and O–H groups in total. The summed E-state index contributed by atoms with van der Waals surface area (Å²) < 4.78 is 0. The second-order valence-corrected chi connectivity index (χ2v) is 8.20. The van der Waals surface area contributed by atoms with Crippen molar-refractivity contribution >= 4 is 29.1 Å². The zero-order chi connectivity index (χ0) is 20.2. The molecule has 2 aromatic heterocycles. The van der Waals surface area contributed by atoms with Gasteiger partial charge in [-0.1, -0.05) is 11.6 Å². The van der Waals surface area contributed by atoms with E-state index in [1.165, 1.54) is 6.42 Å². The van der Waals surface area contributed by atoms with Gasteiger partial charge in [0.2, 0.25) is 0 Å². The van der Waals surface area contributed by atoms with Gasteiger partial charge in [-0.25, -0.2) is 4.98 Å². The van der Waals surface area contributed by atoms with E-state index >= 15 is 0 Å². The van der Waals surface area contributed by atoms with E-state index in [-0.39, 0.29) is 5.91 Å². The molecule has 0 unspecified atom stereocenters. The molecule has 0 aromatic carbocycles. The van der Waals surface area contributed by atoms with Crippen LogP contribution in [-0.4, -0.2) is 65.3 Å². The van der Waals surface area contributed by atoms with Gasteiger partial charge in [-0.15, -0.1) is 5.10 Å². The molecule has 2 fully saturated rings. The molecule has 29 heavy (non-hydrogen) atoms. The Morgan fingerprint density at radius 2 is 1.93 bits per heavy atom. The molecule has 8 heteroatoms. The van der Waals surface area contributed by atoms with Crippen molar-refractivity contribution in [3.05, 3.63) is 41.2 Å². The summed E-state index contributed by atoms with van der Waals surface area (Å²) >= 11 is 6.54. The van der Waals surface area contributed by atoms with Crippen molar-refractivity contribution in [1.29, 1.82) is 0 Å². The second-order valence-electron chi connectivity index (χ2n) is 7.79. The van der Waals surface area contributed by atoms with Gasteiger partial charge >= 0.3 is 0 Å². The van der Waals surface area contributed by atoms with Crippen molar-refractivity contribution < 1.29 is 4.79 Å². The van der Waals surface area contributed by atoms with E-state index in [9.17, 15) is 4.79 Å². The third kappa shape index (κ3) is 4.45. The molecule has 154 valence electrons. The van der Waals surface area contributed by atoms with Crippen molar-refractivity contribution in [2.75, 3.05) is 43.0 Å². The molecule has 0 saturated carbocycles. The Hall–Kier alpha value is -2.41. The Morgan fingerprint density at radius 1 is 1.17 bits per heavy atom. The van der Waals surface area contributed by atoms with Gasteiger partial charge in [-0.2, -0.15) is 5.10 Å². The molecule has 2 aliphatic heterocycles. The van der Waals surface area contributed by atoms with Crippen LogP contribution < -0.4 is 9.80 Å². The maximum atomic E-state index is 12.7. The summed E-state index contributed by atoms with van der Waals surface area (Å²) in [4.78, 5) is 23.6. The number of pyridine rings is 1. The number of anilines is 2. The van der Waals surface area contributed by atoms with E-state index in [1.54, 1.807) is 18.5 Å². The average Bonchev–Trinajstić information content (AvgIpc) is 2.79. The number of carbonyl (C=O) groups excluding carboxylic acids is 1. The molecular weight excluding hydrogens is 388 g/mol. The highest BCUT2D eigenvalue weighted by molar-refractivity contribution is 6.33. The van der Waals surface area contributed by atoms with Crippen LogP contribution in [0.15, 0.2) is 30.6 Å². The van der Waals surface area contributed by atoms with E-state index in [1.807, 2.05) is 17.0 Å². The maximum Gasteiger partial charge on any atom is 0.255 e. The van der Waals surface area contributed by atoms with Gasteiger partial charge in [0.25, 0.3) is 5.91 Å². The van der Waals surface area contributed by atoms with E-state index in [2.05, 4.69) is 32.0 Å². The molecule has 7 nitrogen and oxygen atoms in total. The van der Waals surface area contributed by atoms with Gasteiger partial charge in [0.15, 0.2) is 5.82 Å². The minimum atomic E-state index is 0.0370. The van der Waals surface area contributed by atoms with Crippen molar-refractivity contribution in [3.63, 3.8) is 0 Å². The Labute approximate surface area is 176 Å². The van der Waals surface area contributed by atoms with Crippen LogP contribution in [0.2, 0.25) is 5.02 Å². The topological polar surface area (TPSA) is 65.5 Å². The number of nitrogens with zero attached hydrogens (tertiary/aromatic N) is 6. The highest BCUT2D eigenvalue weighted by Gasteiger charge is 2.26. The summed E-state index contributed by atoms with van der Waals surface area (Å²) in [6.45, 7) is 3.37. The Kier molecular flexibility index (Phi) is 6.13. The van der Waals surface area contributed by atoms with E-state index in [0.717, 1.165) is 63.5 Å². The zero-order valence-corrected chi connectivity index (χ0v) is 17.6. The number of likely N-dealkylation sites (tertiary alicyclic amines) is 1. The van der Waals surface area contributed by atoms with Gasteiger partial charge in [-0.3, -0.25) is 4.79 Å². The van der Waals surface area contributed by atoms with Crippen molar-refractivity contribution in [3.8, 4) is 0 Å². The molecule has 0 aliphatic carbocycles. The van der Waals surface area contributed by atoms with Gasteiger partial charge in [0, 0.05) is 51.7 Å². The monoisotopic (exact) mass is 414 g/mol. The Morgan fingerprint density at radius 3 is 2.59 bits per heavy atom. The average molecular weight is 415 g/mol. The van der Waals surface area contributed by atoms with Crippen LogP contribution in [0.1, 0.15) is 42.5 Å². The van der Waals surface area contributed by atoms with Gasteiger partial charge in [-0.05, 0) is 50.3 Å². The third-order valence-corrected chi connectivity index (χ3v) is 6.22. The first-order valence-electron chi connectivity index (χ1n) is 10.3. The fraction of sp³-hybridized carbons (Fsp3) is 0.524. The lowest BCUT2D eigenvalue weighted by Gasteiger charge is -2.37. The summed E-state index contributed by atoms with van der Waals surface area (Å²) in [5, 5.41) is 8.72. The van der Waals surface area contributed by atoms with Crippen LogP contribution in [0.3, 0.4) is 0 Å². The number of hydrogen-bond donors (Lipinski definition) is 0. The van der Waals surface area contributed by atoms with Crippen molar-refractivity contribution in [2.45, 2.75) is 38.1 Å². The van der Waals surface area contributed by atoms with Gasteiger partial charge in [0.05, 0.1) is 10.6 Å². The molecule has 1 amide bonds. The predicted molar refractivity (Wildman–Crippen MR) is 115 cm³/mol. The third-order valence-electron chi connectivity index (χ3n) is 5.94. The number of rotatable bonds is 4. The molecule has 2 aromatic rings. The zero-order valence-electron chi connectivity index (χ0n) is 16.8. The molecule has 0 atom stereocenters. The highest BCUT2D eigenvalue weighted by atomic mass is 35.5. The molecule has 0 spiro atoms. The molecule has 0 bridgehead atoms. The fourth-order valence-corrected chi connectivity index (χ4v) is 4.48. The van der Waals surface area contributed by atoms with E-state index < -0.39 is 0 Å². The van der Waals surface area contributed by atoms with Crippen LogP contribution in [-0.2, 0) is 0 Å². The highest BCUT2D eigenvalue weighted by Crippen LogP contribution is 2.29. The summed E-state index contributed by atoms with van der Waals surface area (Å²) in [5.41, 5.74) is 0.581. The molecular formula is C21H27ClN6O. The van der Waals surface area contributed by atoms with Crippen molar-refractivity contribution in [2.24, 2.45) is 0 Å². The first-order valence-corrected chi connectivity index (χ1v) is 10.7. The lowest BCUT2D eigenvalue weighted by Crippen LogP contribution is -2.44. The molecule has 4 heterocycles. The quantitative estimate of drug-likeness (QED) is 0.765. The first-order chi connectivity index (χ1) is 14.1. The van der Waals surface area contributed by atoms with Crippen LogP contribution >= 0.6 is 11.6 Å². The summed E-state index contributed by atoms with van der Waals surface area (Å²) in [5.74, 6) is 1.69. The number of carbonyl (C=O) groups is 1. The van der Waals surface area contributed by atoms with Crippen LogP contribution in [0.4, 0.5) is 11.6 Å². The van der Waals surface area contributed by atoms with Crippen LogP contribution in [0.5, 0.6) is 0 Å². The summed E-state index contributed by atoms with van der Waals surface area (Å²) in [7, 11) is 2.07. The number of hydrogen-bond acceptors (Lipinski definition) is 6. The van der Waals surface area contributed by atoms with Gasteiger partial charge in [0.1, 0.15) is 5.82 Å². The smallest absolute Gasteiger partial charge is 0.255 e. The lowest BCUT2D eigenvalue weighted by atomic mass is 10.0. The Balaban J connectivity index is 1.39. The number of amides is 1. The van der Waals surface area contributed by atoms with Crippen LogP contribution in [0.25, 0.3) is 0 Å². The molecule has 4 rings (SSSR count). The maximum absolute atomic E-state index is 12.7. The predicted octanol–water partition coefficient (Wildman–Crippen LogP) is 3.26. The summed E-state index contributed by atoms with van der Waals surface area (Å²) in [6.07, 6.45) is 8.68. The fourth-order valence-electron chi connectivity index (χ4n) is 4.19. The van der Waals surface area contributed by atoms with E-state index in [4.69, 9.17) is 11.6 Å². The molecule has 2 aliphatic rings. The molecule has 2 saturated heterocycles. The van der Waals surface area contributed by atoms with Crippen LogP contribution in [0, 0.1) is 0 Å². The normalized spacial score (nSPS) is 18.0. The number of aromatic nitrogens is 3. The SMILES string of the molecule is CN(c1cccnn1)C1CCN(c2ncc(C(=O)N3CCCCC3)cc2Cl)CC1.